The van der Waals surface area contributed by atoms with Crippen LogP contribution in [0.3, 0.4) is 0 Å². The smallest absolute Gasteiger partial charge is 0.317 e. The molecule has 1 heterocycles. The Kier molecular flexibility index (Phi) is 5.18. The molecule has 2 fully saturated rings. The van der Waals surface area contributed by atoms with E-state index in [9.17, 15) is 23.1 Å². The summed E-state index contributed by atoms with van der Waals surface area (Å²) in [6, 6.07) is 5.65. The van der Waals surface area contributed by atoms with Crippen LogP contribution in [0.4, 0.5) is 4.79 Å². The molecule has 3 N–H and O–H groups in total. The second-order valence-electron chi connectivity index (χ2n) is 7.38. The molecule has 1 aliphatic carbocycles. The van der Waals surface area contributed by atoms with Gasteiger partial charge in [0.15, 0.2) is 0 Å². The number of carbonyl (C=O) groups excluding carboxylic acids is 1. The quantitative estimate of drug-likeness (QED) is 0.700. The average Bonchev–Trinajstić information content (AvgIpc) is 3.20. The van der Waals surface area contributed by atoms with Crippen molar-refractivity contribution in [3.8, 4) is 0 Å². The topological polar surface area (TPSA) is 116 Å². The summed E-state index contributed by atoms with van der Waals surface area (Å²) in [5, 5.41) is 12.5. The summed E-state index contributed by atoms with van der Waals surface area (Å²) in [6.07, 6.45) is 2.32. The number of urea groups is 1. The highest BCUT2D eigenvalue weighted by Gasteiger charge is 2.55. The van der Waals surface area contributed by atoms with Crippen molar-refractivity contribution in [3.05, 3.63) is 29.8 Å². The summed E-state index contributed by atoms with van der Waals surface area (Å²) in [4.78, 5) is 26.1. The van der Waals surface area contributed by atoms with Crippen LogP contribution in [0, 0.1) is 11.3 Å². The minimum Gasteiger partial charge on any atom is -0.481 e. The molecule has 1 saturated carbocycles. The van der Waals surface area contributed by atoms with E-state index in [4.69, 9.17) is 0 Å². The van der Waals surface area contributed by atoms with Crippen molar-refractivity contribution in [1.82, 2.24) is 14.9 Å². The zero-order valence-corrected chi connectivity index (χ0v) is 16.3. The number of hydrogen-bond acceptors (Lipinski definition) is 4. The van der Waals surface area contributed by atoms with Crippen molar-refractivity contribution >= 4 is 22.0 Å². The molecule has 9 heteroatoms. The van der Waals surface area contributed by atoms with Crippen LogP contribution in [-0.4, -0.2) is 50.6 Å². The lowest BCUT2D eigenvalue weighted by Gasteiger charge is -2.24. The zero-order chi connectivity index (χ0) is 19.8. The van der Waals surface area contributed by atoms with E-state index < -0.39 is 27.4 Å². The van der Waals surface area contributed by atoms with Crippen LogP contribution in [0.15, 0.2) is 29.2 Å². The summed E-state index contributed by atoms with van der Waals surface area (Å²) in [5.74, 6) is -0.821. The number of hydrogen-bond donors (Lipinski definition) is 3. The Hall–Kier alpha value is -2.13. The highest BCUT2D eigenvalue weighted by Crippen LogP contribution is 2.48. The molecule has 0 bridgehead atoms. The lowest BCUT2D eigenvalue weighted by atomic mass is 9.81. The summed E-state index contributed by atoms with van der Waals surface area (Å²) in [5.41, 5.74) is -0.159. The molecule has 3 atom stereocenters. The fourth-order valence-electron chi connectivity index (χ4n) is 4.22. The van der Waals surface area contributed by atoms with Gasteiger partial charge >= 0.3 is 12.0 Å². The van der Waals surface area contributed by atoms with E-state index in [-0.39, 0.29) is 23.4 Å². The lowest BCUT2D eigenvalue weighted by molar-refractivity contribution is -0.149. The van der Waals surface area contributed by atoms with Crippen molar-refractivity contribution in [1.29, 1.82) is 0 Å². The van der Waals surface area contributed by atoms with Crippen LogP contribution in [0.25, 0.3) is 0 Å². The molecule has 1 saturated heterocycles. The second-order valence-corrected chi connectivity index (χ2v) is 9.27. The fraction of sp³-hybridized carbons (Fsp3) is 0.556. The largest absolute Gasteiger partial charge is 0.481 e. The summed E-state index contributed by atoms with van der Waals surface area (Å²) in [7, 11) is -2.22. The van der Waals surface area contributed by atoms with Crippen LogP contribution in [-0.2, 0) is 14.8 Å². The molecule has 3 rings (SSSR count). The van der Waals surface area contributed by atoms with E-state index in [1.54, 1.807) is 24.0 Å². The summed E-state index contributed by atoms with van der Waals surface area (Å²) < 4.78 is 26.2. The van der Waals surface area contributed by atoms with E-state index in [2.05, 4.69) is 10.0 Å². The Bertz CT molecular complexity index is 856. The van der Waals surface area contributed by atoms with Gasteiger partial charge in [0.1, 0.15) is 0 Å². The van der Waals surface area contributed by atoms with Gasteiger partial charge in [-0.2, -0.15) is 0 Å². The standard InChI is InChI=1S/C18H25N3O5S/c1-12(13-5-3-7-15(9-13)27(25,26)19-2)20-17(24)21-10-14-6-4-8-18(14,11-21)16(22)23/h3,5,7,9,12,14,19H,4,6,8,10-11H2,1-2H3,(H,20,24)(H,22,23)/t12?,14-,18+/m0/s1. The number of carboxylic acid groups (broad SMARTS) is 1. The molecule has 0 aromatic heterocycles. The number of nitrogens with one attached hydrogen (secondary N) is 2. The first-order valence-corrected chi connectivity index (χ1v) is 10.5. The number of carbonyl (C=O) groups is 2. The first-order chi connectivity index (χ1) is 12.7. The molecule has 1 aromatic rings. The van der Waals surface area contributed by atoms with Crippen LogP contribution >= 0.6 is 0 Å². The maximum absolute atomic E-state index is 12.7. The number of amides is 2. The SMILES string of the molecule is CNS(=O)(=O)c1cccc(C(C)NC(=O)N2C[C@@H]3CCC[C@@]3(C(=O)O)C2)c1. The van der Waals surface area contributed by atoms with Gasteiger partial charge in [-0.15, -0.1) is 0 Å². The van der Waals surface area contributed by atoms with Gasteiger partial charge < -0.3 is 15.3 Å². The molecule has 0 spiro atoms. The Balaban J connectivity index is 1.70. The molecule has 27 heavy (non-hydrogen) atoms. The highest BCUT2D eigenvalue weighted by atomic mass is 32.2. The van der Waals surface area contributed by atoms with Crippen LogP contribution in [0.5, 0.6) is 0 Å². The number of likely N-dealkylation sites (tertiary alicyclic amines) is 1. The number of aliphatic carboxylic acids is 1. The lowest BCUT2D eigenvalue weighted by Crippen LogP contribution is -2.42. The molecule has 1 aliphatic heterocycles. The van der Waals surface area contributed by atoms with Gasteiger partial charge in [-0.1, -0.05) is 18.6 Å². The van der Waals surface area contributed by atoms with Gasteiger partial charge in [-0.05, 0) is 50.4 Å². The maximum atomic E-state index is 12.7. The maximum Gasteiger partial charge on any atom is 0.317 e. The van der Waals surface area contributed by atoms with Crippen molar-refractivity contribution in [2.45, 2.75) is 37.1 Å². The van der Waals surface area contributed by atoms with Crippen molar-refractivity contribution < 1.29 is 23.1 Å². The van der Waals surface area contributed by atoms with Gasteiger partial charge in [-0.25, -0.2) is 17.9 Å². The van der Waals surface area contributed by atoms with Gasteiger partial charge in [-0.3, -0.25) is 4.79 Å². The minimum absolute atomic E-state index is 0.000144. The highest BCUT2D eigenvalue weighted by molar-refractivity contribution is 7.89. The third-order valence-corrected chi connectivity index (χ3v) is 7.27. The number of fused-ring (bicyclic) bond motifs is 1. The number of carboxylic acids is 1. The zero-order valence-electron chi connectivity index (χ0n) is 15.4. The van der Waals surface area contributed by atoms with Gasteiger partial charge in [0.2, 0.25) is 10.0 Å². The molecular weight excluding hydrogens is 370 g/mol. The van der Waals surface area contributed by atoms with Gasteiger partial charge in [0.05, 0.1) is 16.4 Å². The first kappa shape index (κ1) is 19.6. The Labute approximate surface area is 159 Å². The third-order valence-electron chi connectivity index (χ3n) is 5.86. The van der Waals surface area contributed by atoms with E-state index in [0.29, 0.717) is 18.5 Å². The molecule has 2 aliphatic rings. The summed E-state index contributed by atoms with van der Waals surface area (Å²) >= 11 is 0. The molecular formula is C18H25N3O5S. The molecule has 1 unspecified atom stereocenters. The minimum atomic E-state index is -3.56. The number of rotatable bonds is 5. The number of nitrogens with zero attached hydrogens (tertiary/aromatic N) is 1. The number of sulfonamides is 1. The van der Waals surface area contributed by atoms with Gasteiger partial charge in [0.25, 0.3) is 0 Å². The molecule has 8 nitrogen and oxygen atoms in total. The Morgan fingerprint density at radius 2 is 2.11 bits per heavy atom. The third kappa shape index (κ3) is 3.53. The van der Waals surface area contributed by atoms with Crippen molar-refractivity contribution in [3.63, 3.8) is 0 Å². The van der Waals surface area contributed by atoms with E-state index in [1.807, 2.05) is 0 Å². The monoisotopic (exact) mass is 395 g/mol. The fourth-order valence-corrected chi connectivity index (χ4v) is 5.01. The molecule has 0 radical (unpaired) electrons. The normalized spacial score (nSPS) is 25.9. The molecule has 148 valence electrons. The predicted octanol–water partition coefficient (Wildman–Crippen LogP) is 1.55. The van der Waals surface area contributed by atoms with Crippen LogP contribution in [0.2, 0.25) is 0 Å². The average molecular weight is 395 g/mol. The van der Waals surface area contributed by atoms with E-state index in [0.717, 1.165) is 12.8 Å². The van der Waals surface area contributed by atoms with E-state index in [1.165, 1.54) is 19.2 Å². The predicted molar refractivity (Wildman–Crippen MR) is 98.6 cm³/mol. The number of benzene rings is 1. The van der Waals surface area contributed by atoms with Gasteiger partial charge in [0, 0.05) is 13.1 Å². The Morgan fingerprint density at radius 1 is 1.37 bits per heavy atom. The second kappa shape index (κ2) is 7.12. The summed E-state index contributed by atoms with van der Waals surface area (Å²) in [6.45, 7) is 2.44. The van der Waals surface area contributed by atoms with Crippen molar-refractivity contribution in [2.75, 3.05) is 20.1 Å². The molecule has 2 amide bonds. The van der Waals surface area contributed by atoms with E-state index >= 15 is 0 Å². The first-order valence-electron chi connectivity index (χ1n) is 9.02. The Morgan fingerprint density at radius 3 is 2.74 bits per heavy atom. The van der Waals surface area contributed by atoms with Crippen LogP contribution in [0.1, 0.15) is 37.8 Å². The van der Waals surface area contributed by atoms with Crippen molar-refractivity contribution in [2.24, 2.45) is 11.3 Å². The van der Waals surface area contributed by atoms with Crippen LogP contribution < -0.4 is 10.0 Å². The molecule has 1 aromatic carbocycles.